The first-order valence-electron chi connectivity index (χ1n) is 8.91. The molecule has 2 aromatic carbocycles. The van der Waals surface area contributed by atoms with Crippen molar-refractivity contribution in [2.24, 2.45) is 5.41 Å². The molecule has 3 atom stereocenters. The van der Waals surface area contributed by atoms with Crippen molar-refractivity contribution in [2.75, 3.05) is 6.61 Å². The van der Waals surface area contributed by atoms with Crippen molar-refractivity contribution in [3.05, 3.63) is 71.8 Å². The minimum Gasteiger partial charge on any atom is -0.357 e. The lowest BCUT2D eigenvalue weighted by Crippen LogP contribution is -2.72. The summed E-state index contributed by atoms with van der Waals surface area (Å²) in [5, 5.41) is 3.86. The van der Waals surface area contributed by atoms with Gasteiger partial charge in [0.15, 0.2) is 0 Å². The fraction of sp³-hybridized carbons (Fsp3) is 0.455. The summed E-state index contributed by atoms with van der Waals surface area (Å²) in [7, 11) is 0. The monoisotopic (exact) mass is 321 g/mol. The predicted molar refractivity (Wildman–Crippen MR) is 98.0 cm³/mol. The van der Waals surface area contributed by atoms with Crippen molar-refractivity contribution in [3.8, 4) is 0 Å². The largest absolute Gasteiger partial charge is 0.357 e. The Hall–Kier alpha value is -1.64. The lowest BCUT2D eigenvalue weighted by atomic mass is 9.45. The molecule has 1 saturated heterocycles. The van der Waals surface area contributed by atoms with Gasteiger partial charge in [-0.25, -0.2) is 0 Å². The molecular formula is C22H27NO. The van der Waals surface area contributed by atoms with E-state index >= 15 is 0 Å². The van der Waals surface area contributed by atoms with E-state index in [1.54, 1.807) is 0 Å². The zero-order valence-corrected chi connectivity index (χ0v) is 15.0. The summed E-state index contributed by atoms with van der Waals surface area (Å²) in [5.41, 5.74) is 2.47. The van der Waals surface area contributed by atoms with Gasteiger partial charge in [-0.05, 0) is 25.0 Å². The van der Waals surface area contributed by atoms with Gasteiger partial charge >= 0.3 is 0 Å². The SMILES string of the molecule is CC1(C)CO[C@@]2(N1)[C@H](c1ccccc1)[C@@H](c1ccccc1)C2(C)C. The van der Waals surface area contributed by atoms with Gasteiger partial charge in [-0.1, -0.05) is 74.5 Å². The van der Waals surface area contributed by atoms with Crippen LogP contribution in [0.2, 0.25) is 0 Å². The van der Waals surface area contributed by atoms with Gasteiger partial charge in [0.2, 0.25) is 0 Å². The number of nitrogens with one attached hydrogen (secondary N) is 1. The Labute approximate surface area is 145 Å². The maximum Gasteiger partial charge on any atom is 0.133 e. The van der Waals surface area contributed by atoms with Crippen LogP contribution in [0.25, 0.3) is 0 Å². The van der Waals surface area contributed by atoms with Gasteiger partial charge in [-0.2, -0.15) is 0 Å². The van der Waals surface area contributed by atoms with Crippen LogP contribution in [0.4, 0.5) is 0 Å². The number of rotatable bonds is 2. The standard InChI is InChI=1S/C22H27NO/c1-20(2)15-24-22(23-20)19(17-13-9-6-10-14-17)18(21(22,3)4)16-11-7-5-8-12-16/h5-14,18-19,23H,15H2,1-4H3/t18-,19-,22+/m1/s1. The maximum atomic E-state index is 6.51. The molecule has 0 bridgehead atoms. The second-order valence-electron chi connectivity index (χ2n) is 8.53. The third kappa shape index (κ3) is 2.09. The normalized spacial score (nSPS) is 33.3. The van der Waals surface area contributed by atoms with Crippen molar-refractivity contribution in [1.82, 2.24) is 5.32 Å². The van der Waals surface area contributed by atoms with Crippen LogP contribution in [0.5, 0.6) is 0 Å². The lowest BCUT2D eigenvalue weighted by Gasteiger charge is -2.65. The third-order valence-corrected chi connectivity index (χ3v) is 6.01. The minimum atomic E-state index is -0.307. The number of hydrogen-bond donors (Lipinski definition) is 1. The predicted octanol–water partition coefficient (Wildman–Crippen LogP) is 4.69. The molecule has 2 aliphatic rings. The van der Waals surface area contributed by atoms with Gasteiger partial charge in [0.05, 0.1) is 6.61 Å². The highest BCUT2D eigenvalue weighted by atomic mass is 16.5. The molecule has 2 aromatic rings. The van der Waals surface area contributed by atoms with E-state index < -0.39 is 0 Å². The fourth-order valence-electron chi connectivity index (χ4n) is 4.93. The second-order valence-corrected chi connectivity index (χ2v) is 8.53. The first-order chi connectivity index (χ1) is 11.4. The molecule has 1 N–H and O–H groups in total. The number of ether oxygens (including phenoxy) is 1. The zero-order chi connectivity index (χ0) is 17.0. The molecule has 2 heteroatoms. The Morgan fingerprint density at radius 1 is 0.792 bits per heavy atom. The van der Waals surface area contributed by atoms with Crippen molar-refractivity contribution in [1.29, 1.82) is 0 Å². The molecule has 1 aliphatic heterocycles. The summed E-state index contributed by atoms with van der Waals surface area (Å²) in [6.07, 6.45) is 0. The van der Waals surface area contributed by atoms with E-state index in [2.05, 4.69) is 93.7 Å². The average molecular weight is 321 g/mol. The molecule has 1 spiro atoms. The van der Waals surface area contributed by atoms with Crippen molar-refractivity contribution in [3.63, 3.8) is 0 Å². The Kier molecular flexibility index (Phi) is 3.42. The Morgan fingerprint density at radius 3 is 1.75 bits per heavy atom. The summed E-state index contributed by atoms with van der Waals surface area (Å²) >= 11 is 0. The topological polar surface area (TPSA) is 21.3 Å². The highest BCUT2D eigenvalue weighted by molar-refractivity contribution is 5.42. The van der Waals surface area contributed by atoms with E-state index in [9.17, 15) is 0 Å². The van der Waals surface area contributed by atoms with E-state index in [0.29, 0.717) is 11.8 Å². The summed E-state index contributed by atoms with van der Waals surface area (Å²) in [4.78, 5) is 0. The number of benzene rings is 2. The molecule has 2 fully saturated rings. The maximum absolute atomic E-state index is 6.51. The van der Waals surface area contributed by atoms with Crippen LogP contribution in [0.1, 0.15) is 50.7 Å². The highest BCUT2D eigenvalue weighted by Crippen LogP contribution is 2.69. The van der Waals surface area contributed by atoms with Crippen LogP contribution in [-0.4, -0.2) is 17.9 Å². The average Bonchev–Trinajstić information content (AvgIpc) is 2.92. The van der Waals surface area contributed by atoms with Crippen LogP contribution in [0, 0.1) is 5.41 Å². The highest BCUT2D eigenvalue weighted by Gasteiger charge is 2.72. The Bertz CT molecular complexity index is 722. The molecule has 126 valence electrons. The van der Waals surface area contributed by atoms with Crippen LogP contribution in [0.3, 0.4) is 0 Å². The Morgan fingerprint density at radius 2 is 1.29 bits per heavy atom. The summed E-state index contributed by atoms with van der Waals surface area (Å²) in [6, 6.07) is 21.7. The molecule has 24 heavy (non-hydrogen) atoms. The van der Waals surface area contributed by atoms with Crippen molar-refractivity contribution >= 4 is 0 Å². The third-order valence-electron chi connectivity index (χ3n) is 6.01. The molecule has 2 nitrogen and oxygen atoms in total. The molecule has 1 aliphatic carbocycles. The second kappa shape index (κ2) is 5.18. The first kappa shape index (κ1) is 15.9. The van der Waals surface area contributed by atoms with E-state index in [1.165, 1.54) is 11.1 Å². The summed E-state index contributed by atoms with van der Waals surface area (Å²) in [6.45, 7) is 9.91. The summed E-state index contributed by atoms with van der Waals surface area (Å²) < 4.78 is 6.51. The van der Waals surface area contributed by atoms with E-state index in [4.69, 9.17) is 4.74 Å². The minimum absolute atomic E-state index is 0.00591. The van der Waals surface area contributed by atoms with Gasteiger partial charge < -0.3 is 4.74 Å². The van der Waals surface area contributed by atoms with Crippen molar-refractivity contribution in [2.45, 2.75) is 50.8 Å². The van der Waals surface area contributed by atoms with Crippen LogP contribution in [0.15, 0.2) is 60.7 Å². The first-order valence-corrected chi connectivity index (χ1v) is 8.91. The van der Waals surface area contributed by atoms with E-state index in [1.807, 2.05) is 0 Å². The van der Waals surface area contributed by atoms with Gasteiger partial charge in [-0.15, -0.1) is 0 Å². The van der Waals surface area contributed by atoms with Gasteiger partial charge in [0, 0.05) is 22.8 Å². The molecule has 1 saturated carbocycles. The zero-order valence-electron chi connectivity index (χ0n) is 15.0. The van der Waals surface area contributed by atoms with Crippen LogP contribution in [-0.2, 0) is 4.74 Å². The van der Waals surface area contributed by atoms with E-state index in [0.717, 1.165) is 6.61 Å². The molecular weight excluding hydrogens is 294 g/mol. The van der Waals surface area contributed by atoms with Crippen molar-refractivity contribution < 1.29 is 4.74 Å². The van der Waals surface area contributed by atoms with Crippen LogP contribution < -0.4 is 5.32 Å². The van der Waals surface area contributed by atoms with Crippen LogP contribution >= 0.6 is 0 Å². The Balaban J connectivity index is 1.83. The molecule has 0 unspecified atom stereocenters. The summed E-state index contributed by atoms with van der Waals surface area (Å²) in [5.74, 6) is 0.750. The smallest absolute Gasteiger partial charge is 0.133 e. The molecule has 1 heterocycles. The molecule has 4 rings (SSSR count). The molecule has 0 radical (unpaired) electrons. The molecule has 0 aromatic heterocycles. The van der Waals surface area contributed by atoms with Gasteiger partial charge in [0.1, 0.15) is 5.72 Å². The fourth-order valence-corrected chi connectivity index (χ4v) is 4.93. The van der Waals surface area contributed by atoms with Gasteiger partial charge in [-0.3, -0.25) is 5.32 Å². The quantitative estimate of drug-likeness (QED) is 0.866. The molecule has 0 amide bonds. The van der Waals surface area contributed by atoms with E-state index in [-0.39, 0.29) is 16.7 Å². The number of hydrogen-bond acceptors (Lipinski definition) is 2. The lowest BCUT2D eigenvalue weighted by molar-refractivity contribution is -0.209. The van der Waals surface area contributed by atoms with Gasteiger partial charge in [0.25, 0.3) is 0 Å².